The lowest BCUT2D eigenvalue weighted by molar-refractivity contribution is -0.130. The van der Waals surface area contributed by atoms with Crippen molar-refractivity contribution in [1.82, 2.24) is 15.1 Å². The molecule has 1 N–H and O–H groups in total. The van der Waals surface area contributed by atoms with Crippen molar-refractivity contribution in [3.63, 3.8) is 0 Å². The van der Waals surface area contributed by atoms with Gasteiger partial charge in [0.2, 0.25) is 5.91 Å². The first-order chi connectivity index (χ1) is 19.8. The Morgan fingerprint density at radius 3 is 2.07 bits per heavy atom. The Labute approximate surface area is 246 Å². The van der Waals surface area contributed by atoms with E-state index in [9.17, 15) is 4.79 Å². The van der Waals surface area contributed by atoms with E-state index in [0.717, 1.165) is 50.4 Å². The lowest BCUT2D eigenvalue weighted by Crippen LogP contribution is -2.29. The molecule has 0 saturated heterocycles. The maximum absolute atomic E-state index is 12.1. The summed E-state index contributed by atoms with van der Waals surface area (Å²) in [5.41, 5.74) is 5.01. The quantitative estimate of drug-likeness (QED) is 0.421. The summed E-state index contributed by atoms with van der Waals surface area (Å²) in [4.78, 5) is 38.6. The number of amides is 1. The number of benzene rings is 3. The average molecular weight is 562 g/mol. The standard InChI is InChI=1S/C18H28N4O.C13H15N.2CH2O/c1-21(2)13-4-5-17(23)22(3)14-10-15-6-8-16(9-7-15)18-19-11-12-20-18;1-10-6-4-8-12-11(10)7-5-9-13(12)14(2)3;2*1-2/h6-9H,4-5,10-14H2,1-3H3,(H,19,20);4-9H,1-3H3;2*1H2. The first kappa shape index (κ1) is 35.0. The monoisotopic (exact) mass is 561 g/mol. The SMILES string of the molecule is C=O.C=O.CN(C)CCCC(=O)N(C)CCc1ccc(C2=NCCN2)cc1.Cc1cccc2c(N(C)C)cccc12. The van der Waals surface area contributed by atoms with Crippen LogP contribution in [-0.2, 0) is 20.8 Å². The summed E-state index contributed by atoms with van der Waals surface area (Å²) < 4.78 is 0. The minimum atomic E-state index is 0.230. The highest BCUT2D eigenvalue weighted by atomic mass is 16.2. The van der Waals surface area contributed by atoms with E-state index in [1.54, 1.807) is 0 Å². The molecule has 0 aliphatic carbocycles. The van der Waals surface area contributed by atoms with Crippen molar-refractivity contribution in [2.45, 2.75) is 26.2 Å². The van der Waals surface area contributed by atoms with E-state index in [2.05, 4.69) is 102 Å². The smallest absolute Gasteiger partial charge is 0.222 e. The van der Waals surface area contributed by atoms with Crippen LogP contribution in [0.2, 0.25) is 0 Å². The zero-order valence-electron chi connectivity index (χ0n) is 25.7. The van der Waals surface area contributed by atoms with Crippen LogP contribution in [0.3, 0.4) is 0 Å². The zero-order valence-corrected chi connectivity index (χ0v) is 25.7. The lowest BCUT2D eigenvalue weighted by Gasteiger charge is -2.18. The third-order valence-corrected chi connectivity index (χ3v) is 6.66. The summed E-state index contributed by atoms with van der Waals surface area (Å²) in [6.45, 7) is 9.66. The number of amidine groups is 1. The van der Waals surface area contributed by atoms with E-state index in [1.165, 1.54) is 27.6 Å². The Hall–Kier alpha value is -4.04. The van der Waals surface area contributed by atoms with Crippen molar-refractivity contribution in [2.75, 3.05) is 66.3 Å². The number of aryl methyl sites for hydroxylation is 1. The van der Waals surface area contributed by atoms with E-state index >= 15 is 0 Å². The molecule has 1 aliphatic heterocycles. The fourth-order valence-electron chi connectivity index (χ4n) is 4.42. The number of carbonyl (C=O) groups is 3. The van der Waals surface area contributed by atoms with Crippen LogP contribution < -0.4 is 10.2 Å². The number of nitrogens with one attached hydrogen (secondary N) is 1. The molecule has 222 valence electrons. The molecule has 8 heteroatoms. The highest BCUT2D eigenvalue weighted by molar-refractivity contribution is 5.99. The number of anilines is 1. The minimum absolute atomic E-state index is 0.230. The maximum Gasteiger partial charge on any atom is 0.222 e. The Morgan fingerprint density at radius 1 is 0.854 bits per heavy atom. The van der Waals surface area contributed by atoms with Gasteiger partial charge in [-0.1, -0.05) is 54.6 Å². The van der Waals surface area contributed by atoms with Gasteiger partial charge in [0.15, 0.2) is 0 Å². The fraction of sp³-hybridized carbons (Fsp3) is 0.394. The van der Waals surface area contributed by atoms with Gasteiger partial charge in [0.25, 0.3) is 0 Å². The third kappa shape index (κ3) is 11.5. The normalized spacial score (nSPS) is 11.5. The van der Waals surface area contributed by atoms with Crippen molar-refractivity contribution in [2.24, 2.45) is 4.99 Å². The van der Waals surface area contributed by atoms with Gasteiger partial charge < -0.3 is 29.6 Å². The molecule has 0 fully saturated rings. The molecule has 4 rings (SSSR count). The van der Waals surface area contributed by atoms with Gasteiger partial charge in [-0.25, -0.2) is 0 Å². The van der Waals surface area contributed by atoms with Crippen LogP contribution in [0.15, 0.2) is 65.7 Å². The number of hydrogen-bond donors (Lipinski definition) is 1. The van der Waals surface area contributed by atoms with Crippen LogP contribution in [0.1, 0.15) is 29.5 Å². The topological polar surface area (TPSA) is 85.3 Å². The van der Waals surface area contributed by atoms with Crippen LogP contribution in [-0.4, -0.2) is 96.5 Å². The number of likely N-dealkylation sites (N-methyl/N-ethyl adjacent to an activating group) is 1. The molecular formula is C33H47N5O3. The van der Waals surface area contributed by atoms with E-state index < -0.39 is 0 Å². The Morgan fingerprint density at radius 2 is 1.49 bits per heavy atom. The van der Waals surface area contributed by atoms with E-state index in [0.29, 0.717) is 6.42 Å². The first-order valence-corrected chi connectivity index (χ1v) is 13.8. The summed E-state index contributed by atoms with van der Waals surface area (Å²) in [5.74, 6) is 1.22. The van der Waals surface area contributed by atoms with Gasteiger partial charge in [-0.05, 0) is 63.0 Å². The van der Waals surface area contributed by atoms with E-state index in [4.69, 9.17) is 9.59 Å². The molecule has 1 amide bonds. The number of fused-ring (bicyclic) bond motifs is 1. The van der Waals surface area contributed by atoms with Crippen LogP contribution in [0.25, 0.3) is 10.8 Å². The number of aliphatic imine (C=N–C) groups is 1. The molecular weight excluding hydrogens is 514 g/mol. The lowest BCUT2D eigenvalue weighted by atomic mass is 10.0. The molecule has 3 aromatic carbocycles. The Bertz CT molecular complexity index is 1220. The predicted molar refractivity (Wildman–Crippen MR) is 172 cm³/mol. The Balaban J connectivity index is 0.000000398. The second-order valence-corrected chi connectivity index (χ2v) is 10.2. The van der Waals surface area contributed by atoms with Crippen LogP contribution >= 0.6 is 0 Å². The number of rotatable bonds is 9. The number of carbonyl (C=O) groups excluding carboxylic acids is 3. The fourth-order valence-corrected chi connectivity index (χ4v) is 4.42. The Kier molecular flexibility index (Phi) is 16.3. The molecule has 0 bridgehead atoms. The van der Waals surface area contributed by atoms with Gasteiger partial charge in [-0.15, -0.1) is 0 Å². The van der Waals surface area contributed by atoms with Gasteiger partial charge in [-0.3, -0.25) is 9.79 Å². The minimum Gasteiger partial charge on any atom is -0.377 e. The molecule has 0 unspecified atom stereocenters. The van der Waals surface area contributed by atoms with Crippen LogP contribution in [0.4, 0.5) is 5.69 Å². The molecule has 0 saturated carbocycles. The second kappa shape index (κ2) is 19.1. The van der Waals surface area contributed by atoms with Crippen molar-refractivity contribution in [3.05, 3.63) is 77.4 Å². The summed E-state index contributed by atoms with van der Waals surface area (Å²) in [6, 6.07) is 21.4. The highest BCUT2D eigenvalue weighted by Gasteiger charge is 2.10. The molecule has 41 heavy (non-hydrogen) atoms. The van der Waals surface area contributed by atoms with Crippen molar-refractivity contribution < 1.29 is 14.4 Å². The van der Waals surface area contributed by atoms with E-state index in [-0.39, 0.29) is 5.91 Å². The maximum atomic E-state index is 12.1. The summed E-state index contributed by atoms with van der Waals surface area (Å²) in [5, 5.41) is 5.96. The molecule has 0 atom stereocenters. The summed E-state index contributed by atoms with van der Waals surface area (Å²) in [7, 11) is 10.1. The molecule has 1 heterocycles. The summed E-state index contributed by atoms with van der Waals surface area (Å²) >= 11 is 0. The zero-order chi connectivity index (χ0) is 30.8. The highest BCUT2D eigenvalue weighted by Crippen LogP contribution is 2.27. The summed E-state index contributed by atoms with van der Waals surface area (Å²) in [6.07, 6.45) is 2.43. The molecule has 8 nitrogen and oxygen atoms in total. The largest absolute Gasteiger partial charge is 0.377 e. The average Bonchev–Trinajstić information content (AvgIpc) is 3.53. The van der Waals surface area contributed by atoms with Gasteiger partial charge in [0.1, 0.15) is 19.4 Å². The predicted octanol–water partition coefficient (Wildman–Crippen LogP) is 4.22. The van der Waals surface area contributed by atoms with Crippen molar-refractivity contribution in [3.8, 4) is 0 Å². The molecule has 3 aromatic rings. The van der Waals surface area contributed by atoms with Crippen molar-refractivity contribution in [1.29, 1.82) is 0 Å². The van der Waals surface area contributed by atoms with Gasteiger partial charge >= 0.3 is 0 Å². The molecule has 0 spiro atoms. The first-order valence-electron chi connectivity index (χ1n) is 13.8. The van der Waals surface area contributed by atoms with Gasteiger partial charge in [0.05, 0.1) is 6.54 Å². The van der Waals surface area contributed by atoms with E-state index in [1.807, 2.05) is 39.6 Å². The second-order valence-electron chi connectivity index (χ2n) is 10.2. The number of hydrogen-bond acceptors (Lipinski definition) is 7. The van der Waals surface area contributed by atoms with Gasteiger partial charge in [-0.2, -0.15) is 0 Å². The number of nitrogens with zero attached hydrogens (tertiary/aromatic N) is 4. The molecule has 1 aliphatic rings. The molecule has 0 radical (unpaired) electrons. The van der Waals surface area contributed by atoms with Crippen LogP contribution in [0, 0.1) is 6.92 Å². The molecule has 0 aromatic heterocycles. The van der Waals surface area contributed by atoms with Crippen LogP contribution in [0.5, 0.6) is 0 Å². The van der Waals surface area contributed by atoms with Gasteiger partial charge in [0, 0.05) is 57.3 Å². The third-order valence-electron chi connectivity index (χ3n) is 6.66. The van der Waals surface area contributed by atoms with Crippen molar-refractivity contribution >= 4 is 41.8 Å².